The number of aryl methyl sites for hydroxylation is 1. The highest BCUT2D eigenvalue weighted by Crippen LogP contribution is 2.43. The van der Waals surface area contributed by atoms with E-state index in [1.807, 2.05) is 31.2 Å². The Labute approximate surface area is 200 Å². The van der Waals surface area contributed by atoms with Crippen molar-refractivity contribution in [2.24, 2.45) is 0 Å². The zero-order chi connectivity index (χ0) is 23.4. The maximum absolute atomic E-state index is 14.8. The number of fused-ring (bicyclic) bond motifs is 2. The van der Waals surface area contributed by atoms with E-state index in [1.54, 1.807) is 22.8 Å². The Morgan fingerprint density at radius 3 is 2.76 bits per heavy atom. The monoisotopic (exact) mass is 476 g/mol. The molecule has 1 N–H and O–H groups in total. The molecule has 1 atom stereocenters. The Hall–Kier alpha value is -3.45. The van der Waals surface area contributed by atoms with Gasteiger partial charge >= 0.3 is 0 Å². The lowest BCUT2D eigenvalue weighted by Gasteiger charge is -2.27. The number of benzene rings is 2. The van der Waals surface area contributed by atoms with Gasteiger partial charge in [-0.2, -0.15) is 5.10 Å². The molecule has 2 aromatic heterocycles. The SMILES string of the molecule is Cc1nn2c(C3CC3)c(C(=O)N[C@H]3CCOc4ccccc43)cnc2c1-c1c(F)cccc1Cl. The van der Waals surface area contributed by atoms with Crippen molar-refractivity contribution in [1.29, 1.82) is 0 Å². The third-order valence-corrected chi connectivity index (χ3v) is 6.86. The minimum atomic E-state index is -0.430. The molecule has 3 heterocycles. The van der Waals surface area contributed by atoms with Gasteiger partial charge in [-0.3, -0.25) is 4.79 Å². The van der Waals surface area contributed by atoms with Gasteiger partial charge < -0.3 is 10.1 Å². The zero-order valence-corrected chi connectivity index (χ0v) is 19.3. The molecule has 1 amide bonds. The molecule has 2 aliphatic rings. The molecule has 0 radical (unpaired) electrons. The van der Waals surface area contributed by atoms with Gasteiger partial charge in [0.1, 0.15) is 11.6 Å². The number of hydrogen-bond acceptors (Lipinski definition) is 4. The quantitative estimate of drug-likeness (QED) is 0.414. The number of nitrogens with zero attached hydrogens (tertiary/aromatic N) is 3. The lowest BCUT2D eigenvalue weighted by Crippen LogP contribution is -2.33. The van der Waals surface area contributed by atoms with Crippen molar-refractivity contribution in [3.05, 3.63) is 82.0 Å². The van der Waals surface area contributed by atoms with E-state index in [0.717, 1.165) is 29.8 Å². The molecule has 1 aliphatic heterocycles. The van der Waals surface area contributed by atoms with Crippen LogP contribution in [0.1, 0.15) is 58.5 Å². The van der Waals surface area contributed by atoms with Gasteiger partial charge in [-0.25, -0.2) is 13.9 Å². The maximum Gasteiger partial charge on any atom is 0.255 e. The first-order valence-electron chi connectivity index (χ1n) is 11.4. The predicted octanol–water partition coefficient (Wildman–Crippen LogP) is 5.63. The summed E-state index contributed by atoms with van der Waals surface area (Å²) < 4.78 is 22.2. The van der Waals surface area contributed by atoms with Crippen LogP contribution >= 0.6 is 11.6 Å². The van der Waals surface area contributed by atoms with Gasteiger partial charge in [-0.15, -0.1) is 0 Å². The van der Waals surface area contributed by atoms with Crippen molar-refractivity contribution in [2.75, 3.05) is 6.61 Å². The van der Waals surface area contributed by atoms with Gasteiger partial charge in [0.15, 0.2) is 5.65 Å². The summed E-state index contributed by atoms with van der Waals surface area (Å²) in [6.07, 6.45) is 4.21. The number of aromatic nitrogens is 3. The van der Waals surface area contributed by atoms with E-state index in [2.05, 4.69) is 15.4 Å². The number of ether oxygens (including phenoxy) is 1. The van der Waals surface area contributed by atoms with Gasteiger partial charge in [0.25, 0.3) is 5.91 Å². The summed E-state index contributed by atoms with van der Waals surface area (Å²) >= 11 is 6.36. The van der Waals surface area contributed by atoms with Crippen LogP contribution in [0.15, 0.2) is 48.7 Å². The molecule has 0 spiro atoms. The summed E-state index contributed by atoms with van der Waals surface area (Å²) in [5.41, 5.74) is 4.21. The molecule has 1 saturated carbocycles. The lowest BCUT2D eigenvalue weighted by atomic mass is 10.00. The number of carbonyl (C=O) groups is 1. The molecule has 4 aromatic rings. The van der Waals surface area contributed by atoms with Crippen molar-refractivity contribution in [1.82, 2.24) is 19.9 Å². The van der Waals surface area contributed by atoms with Crippen molar-refractivity contribution in [2.45, 2.75) is 38.1 Å². The Kier molecular flexibility index (Phi) is 5.03. The van der Waals surface area contributed by atoms with Crippen LogP contribution in [0.4, 0.5) is 4.39 Å². The average molecular weight is 477 g/mol. The first-order valence-corrected chi connectivity index (χ1v) is 11.8. The fraction of sp³-hybridized carbons (Fsp3) is 0.269. The summed E-state index contributed by atoms with van der Waals surface area (Å²) in [6.45, 7) is 2.35. The molecule has 0 bridgehead atoms. The Bertz CT molecular complexity index is 1430. The van der Waals surface area contributed by atoms with Crippen LogP contribution in [0.5, 0.6) is 5.75 Å². The van der Waals surface area contributed by atoms with Crippen molar-refractivity contribution < 1.29 is 13.9 Å². The van der Waals surface area contributed by atoms with E-state index >= 15 is 0 Å². The smallest absolute Gasteiger partial charge is 0.255 e. The van der Waals surface area contributed by atoms with Crippen molar-refractivity contribution in [3.63, 3.8) is 0 Å². The molecule has 6 nitrogen and oxygen atoms in total. The van der Waals surface area contributed by atoms with Crippen LogP contribution in [0.2, 0.25) is 5.02 Å². The highest BCUT2D eigenvalue weighted by Gasteiger charge is 2.34. The van der Waals surface area contributed by atoms with Crippen molar-refractivity contribution >= 4 is 23.2 Å². The number of halogens is 2. The van der Waals surface area contributed by atoms with Crippen LogP contribution in [0.3, 0.4) is 0 Å². The molecule has 0 unspecified atom stereocenters. The van der Waals surface area contributed by atoms with E-state index in [4.69, 9.17) is 16.3 Å². The third kappa shape index (κ3) is 3.42. The number of rotatable bonds is 4. The van der Waals surface area contributed by atoms with Crippen molar-refractivity contribution in [3.8, 4) is 16.9 Å². The molecule has 2 aromatic carbocycles. The van der Waals surface area contributed by atoms with E-state index in [9.17, 15) is 9.18 Å². The molecule has 6 rings (SSSR count). The minimum absolute atomic E-state index is 0.146. The molecule has 8 heteroatoms. The van der Waals surface area contributed by atoms with Crippen LogP contribution in [0, 0.1) is 12.7 Å². The number of nitrogens with one attached hydrogen (secondary N) is 1. The van der Waals surface area contributed by atoms with Crippen LogP contribution in [-0.4, -0.2) is 27.1 Å². The van der Waals surface area contributed by atoms with Gasteiger partial charge in [0.05, 0.1) is 40.2 Å². The second-order valence-electron chi connectivity index (χ2n) is 8.82. The molecule has 172 valence electrons. The zero-order valence-electron chi connectivity index (χ0n) is 18.5. The van der Waals surface area contributed by atoms with Crippen LogP contribution < -0.4 is 10.1 Å². The van der Waals surface area contributed by atoms with E-state index < -0.39 is 5.82 Å². The number of amides is 1. The maximum atomic E-state index is 14.8. The Morgan fingerprint density at radius 2 is 1.97 bits per heavy atom. The molecule has 1 fully saturated rings. The second-order valence-corrected chi connectivity index (χ2v) is 9.23. The van der Waals surface area contributed by atoms with E-state index in [0.29, 0.717) is 40.5 Å². The minimum Gasteiger partial charge on any atom is -0.493 e. The number of para-hydroxylation sites is 1. The van der Waals surface area contributed by atoms with E-state index in [1.165, 1.54) is 6.07 Å². The number of carbonyl (C=O) groups excluding carboxylic acids is 1. The summed E-state index contributed by atoms with van der Waals surface area (Å²) in [7, 11) is 0. The van der Waals surface area contributed by atoms with Crippen LogP contribution in [0.25, 0.3) is 16.8 Å². The first kappa shape index (κ1) is 21.1. The van der Waals surface area contributed by atoms with Gasteiger partial charge in [0.2, 0.25) is 0 Å². The molecular formula is C26H22ClFN4O2. The normalized spacial score (nSPS) is 17.3. The summed E-state index contributed by atoms with van der Waals surface area (Å²) in [5.74, 6) is 0.373. The molecular weight excluding hydrogens is 455 g/mol. The second kappa shape index (κ2) is 8.09. The highest BCUT2D eigenvalue weighted by atomic mass is 35.5. The fourth-order valence-corrected chi connectivity index (χ4v) is 5.05. The highest BCUT2D eigenvalue weighted by molar-refractivity contribution is 6.33. The topological polar surface area (TPSA) is 68.5 Å². The van der Waals surface area contributed by atoms with E-state index in [-0.39, 0.29) is 23.4 Å². The average Bonchev–Trinajstić information content (AvgIpc) is 3.62. The summed E-state index contributed by atoms with van der Waals surface area (Å²) in [5, 5.41) is 8.16. The standard InChI is InChI=1S/C26H22ClFN4O2/c1-14-22(23-18(27)6-4-7-19(23)28)25-29-13-17(24(15-9-10-15)32(25)31-14)26(33)30-20-11-12-34-21-8-3-2-5-16(20)21/h2-8,13,15,20H,9-12H2,1H3,(H,30,33)/t20-/m0/s1. The largest absolute Gasteiger partial charge is 0.493 e. The molecule has 0 saturated heterocycles. The Balaban J connectivity index is 1.44. The third-order valence-electron chi connectivity index (χ3n) is 6.54. The first-order chi connectivity index (χ1) is 16.5. The number of hydrogen-bond donors (Lipinski definition) is 1. The Morgan fingerprint density at radius 1 is 1.15 bits per heavy atom. The van der Waals surface area contributed by atoms with Crippen LogP contribution in [-0.2, 0) is 0 Å². The van der Waals surface area contributed by atoms with Gasteiger partial charge in [0, 0.05) is 29.7 Å². The van der Waals surface area contributed by atoms with Gasteiger partial charge in [-0.05, 0) is 38.0 Å². The van der Waals surface area contributed by atoms with Gasteiger partial charge in [-0.1, -0.05) is 35.9 Å². The fourth-order valence-electron chi connectivity index (χ4n) is 4.79. The molecule has 1 aliphatic carbocycles. The molecule has 34 heavy (non-hydrogen) atoms. The summed E-state index contributed by atoms with van der Waals surface area (Å²) in [4.78, 5) is 18.1. The predicted molar refractivity (Wildman–Crippen MR) is 127 cm³/mol. The lowest BCUT2D eigenvalue weighted by molar-refractivity contribution is 0.0922. The summed E-state index contributed by atoms with van der Waals surface area (Å²) in [6, 6.07) is 12.2.